The van der Waals surface area contributed by atoms with Crippen LogP contribution in [0.1, 0.15) is 35.4 Å². The van der Waals surface area contributed by atoms with Crippen molar-refractivity contribution in [3.8, 4) is 5.75 Å². The number of aliphatic hydroxyl groups excluding tert-OH is 1. The Morgan fingerprint density at radius 1 is 1.10 bits per heavy atom. The van der Waals surface area contributed by atoms with Crippen molar-refractivity contribution in [2.24, 2.45) is 0 Å². The summed E-state index contributed by atoms with van der Waals surface area (Å²) in [7, 11) is 0. The van der Waals surface area contributed by atoms with Gasteiger partial charge in [-0.05, 0) is 17.7 Å². The van der Waals surface area contributed by atoms with Gasteiger partial charge in [0.15, 0.2) is 5.78 Å². The van der Waals surface area contributed by atoms with Crippen LogP contribution in [0.3, 0.4) is 0 Å². The van der Waals surface area contributed by atoms with Crippen molar-refractivity contribution < 1.29 is 14.6 Å². The van der Waals surface area contributed by atoms with Gasteiger partial charge in [-0.1, -0.05) is 49.4 Å². The fourth-order valence-corrected chi connectivity index (χ4v) is 1.95. The molecular weight excluding hydrogens is 252 g/mol. The Morgan fingerprint density at radius 2 is 1.75 bits per heavy atom. The van der Waals surface area contributed by atoms with Gasteiger partial charge < -0.3 is 9.84 Å². The van der Waals surface area contributed by atoms with Crippen molar-refractivity contribution in [3.05, 3.63) is 65.7 Å². The summed E-state index contributed by atoms with van der Waals surface area (Å²) < 4.78 is 5.61. The van der Waals surface area contributed by atoms with Crippen LogP contribution < -0.4 is 4.74 Å². The van der Waals surface area contributed by atoms with Gasteiger partial charge in [-0.25, -0.2) is 0 Å². The highest BCUT2D eigenvalue weighted by Gasteiger charge is 2.12. The summed E-state index contributed by atoms with van der Waals surface area (Å²) >= 11 is 0. The zero-order valence-corrected chi connectivity index (χ0v) is 11.5. The number of hydrogen-bond acceptors (Lipinski definition) is 3. The summed E-state index contributed by atoms with van der Waals surface area (Å²) in [6.45, 7) is 1.94. The van der Waals surface area contributed by atoms with E-state index in [9.17, 15) is 9.90 Å². The van der Waals surface area contributed by atoms with Crippen molar-refractivity contribution >= 4 is 5.78 Å². The van der Waals surface area contributed by atoms with E-state index < -0.39 is 6.10 Å². The number of benzene rings is 2. The Hall–Kier alpha value is -2.13. The van der Waals surface area contributed by atoms with E-state index in [0.717, 1.165) is 5.56 Å². The first-order valence-electron chi connectivity index (χ1n) is 6.70. The van der Waals surface area contributed by atoms with Gasteiger partial charge in [0.2, 0.25) is 0 Å². The average Bonchev–Trinajstić information content (AvgIpc) is 2.53. The van der Waals surface area contributed by atoms with Crippen LogP contribution in [0.5, 0.6) is 5.75 Å². The first-order chi connectivity index (χ1) is 9.72. The lowest BCUT2D eigenvalue weighted by Crippen LogP contribution is -2.11. The molecule has 1 atom stereocenters. The molecule has 0 radical (unpaired) electrons. The summed E-state index contributed by atoms with van der Waals surface area (Å²) in [6.07, 6.45) is -0.275. The number of carbonyl (C=O) groups excluding carboxylic acids is 1. The number of hydrogen-bond donors (Lipinski definition) is 1. The number of aliphatic hydroxyl groups is 1. The molecule has 0 saturated heterocycles. The van der Waals surface area contributed by atoms with Gasteiger partial charge in [-0.15, -0.1) is 0 Å². The lowest BCUT2D eigenvalue weighted by atomic mass is 10.1. The molecule has 0 saturated carbocycles. The van der Waals surface area contributed by atoms with Gasteiger partial charge in [-0.2, -0.15) is 0 Å². The molecule has 20 heavy (non-hydrogen) atoms. The number of carbonyl (C=O) groups is 1. The minimum absolute atomic E-state index is 0.0369. The van der Waals surface area contributed by atoms with Gasteiger partial charge in [0.05, 0.1) is 5.56 Å². The third kappa shape index (κ3) is 3.45. The van der Waals surface area contributed by atoms with Crippen LogP contribution in [0.2, 0.25) is 0 Å². The van der Waals surface area contributed by atoms with Gasteiger partial charge >= 0.3 is 0 Å². The molecule has 0 spiro atoms. The standard InChI is InChI=1S/C17H18O3/c1-2-15(18)14-10-6-7-11-17(14)20-12-16(19)13-8-4-3-5-9-13/h3-11,16,19H,2,12H2,1H3. The Bertz CT molecular complexity index is 563. The molecule has 1 N–H and O–H groups in total. The largest absolute Gasteiger partial charge is 0.490 e. The van der Waals surface area contributed by atoms with E-state index in [4.69, 9.17) is 4.74 Å². The number of rotatable bonds is 6. The molecule has 0 aliphatic heterocycles. The van der Waals surface area contributed by atoms with E-state index in [1.165, 1.54) is 0 Å². The van der Waals surface area contributed by atoms with Crippen LogP contribution in [0, 0.1) is 0 Å². The predicted octanol–water partition coefficient (Wildman–Crippen LogP) is 3.39. The van der Waals surface area contributed by atoms with Crippen molar-refractivity contribution in [1.82, 2.24) is 0 Å². The summed E-state index contributed by atoms with van der Waals surface area (Å²) in [5.74, 6) is 0.559. The molecule has 0 aromatic heterocycles. The fourth-order valence-electron chi connectivity index (χ4n) is 1.95. The highest BCUT2D eigenvalue weighted by molar-refractivity contribution is 5.98. The van der Waals surface area contributed by atoms with Crippen LogP contribution >= 0.6 is 0 Å². The second kappa shape index (κ2) is 6.87. The number of ether oxygens (including phenoxy) is 1. The molecule has 1 unspecified atom stereocenters. The highest BCUT2D eigenvalue weighted by Crippen LogP contribution is 2.21. The van der Waals surface area contributed by atoms with Crippen LogP contribution in [0.15, 0.2) is 54.6 Å². The van der Waals surface area contributed by atoms with Crippen molar-refractivity contribution in [3.63, 3.8) is 0 Å². The van der Waals surface area contributed by atoms with Crippen LogP contribution in [0.4, 0.5) is 0 Å². The number of ketones is 1. The molecule has 0 bridgehead atoms. The van der Waals surface area contributed by atoms with Crippen LogP contribution in [-0.2, 0) is 0 Å². The molecule has 3 nitrogen and oxygen atoms in total. The Kier molecular flexibility index (Phi) is 4.91. The zero-order valence-electron chi connectivity index (χ0n) is 11.5. The monoisotopic (exact) mass is 270 g/mol. The minimum Gasteiger partial charge on any atom is -0.490 e. The Labute approximate surface area is 118 Å². The van der Waals surface area contributed by atoms with E-state index in [0.29, 0.717) is 17.7 Å². The quantitative estimate of drug-likeness (QED) is 0.818. The first kappa shape index (κ1) is 14.3. The molecule has 0 heterocycles. The summed E-state index contributed by atoms with van der Waals surface area (Å²) in [5, 5.41) is 10.1. The summed E-state index contributed by atoms with van der Waals surface area (Å²) in [6, 6.07) is 16.4. The molecule has 2 rings (SSSR count). The normalized spacial score (nSPS) is 11.9. The van der Waals surface area contributed by atoms with Gasteiger partial charge in [0.25, 0.3) is 0 Å². The molecule has 3 heteroatoms. The van der Waals surface area contributed by atoms with Gasteiger partial charge in [0, 0.05) is 6.42 Å². The smallest absolute Gasteiger partial charge is 0.166 e. The van der Waals surface area contributed by atoms with E-state index >= 15 is 0 Å². The Morgan fingerprint density at radius 3 is 2.45 bits per heavy atom. The van der Waals surface area contributed by atoms with Gasteiger partial charge in [0.1, 0.15) is 18.5 Å². The molecule has 0 aliphatic rings. The second-order valence-electron chi connectivity index (χ2n) is 4.51. The third-order valence-corrected chi connectivity index (χ3v) is 3.09. The molecular formula is C17H18O3. The minimum atomic E-state index is -0.707. The maximum absolute atomic E-state index is 11.8. The van der Waals surface area contributed by atoms with E-state index in [1.807, 2.05) is 49.4 Å². The highest BCUT2D eigenvalue weighted by atomic mass is 16.5. The fraction of sp³-hybridized carbons (Fsp3) is 0.235. The topological polar surface area (TPSA) is 46.5 Å². The molecule has 104 valence electrons. The lowest BCUT2D eigenvalue weighted by molar-refractivity contribution is 0.0957. The predicted molar refractivity (Wildman–Crippen MR) is 78.0 cm³/mol. The average molecular weight is 270 g/mol. The van der Waals surface area contributed by atoms with Crippen LogP contribution in [0.25, 0.3) is 0 Å². The summed E-state index contributed by atoms with van der Waals surface area (Å²) in [5.41, 5.74) is 1.36. The van der Waals surface area contributed by atoms with Crippen molar-refractivity contribution in [2.45, 2.75) is 19.4 Å². The third-order valence-electron chi connectivity index (χ3n) is 3.09. The Balaban J connectivity index is 2.06. The maximum atomic E-state index is 11.8. The van der Waals surface area contributed by atoms with E-state index in [-0.39, 0.29) is 12.4 Å². The van der Waals surface area contributed by atoms with Crippen LogP contribution in [-0.4, -0.2) is 17.5 Å². The number of para-hydroxylation sites is 1. The van der Waals surface area contributed by atoms with Crippen molar-refractivity contribution in [1.29, 1.82) is 0 Å². The molecule has 0 aliphatic carbocycles. The van der Waals surface area contributed by atoms with E-state index in [2.05, 4.69) is 0 Å². The zero-order chi connectivity index (χ0) is 14.4. The maximum Gasteiger partial charge on any atom is 0.166 e. The van der Waals surface area contributed by atoms with Gasteiger partial charge in [-0.3, -0.25) is 4.79 Å². The second-order valence-corrected chi connectivity index (χ2v) is 4.51. The first-order valence-corrected chi connectivity index (χ1v) is 6.70. The molecule has 0 fully saturated rings. The van der Waals surface area contributed by atoms with Crippen molar-refractivity contribution in [2.75, 3.05) is 6.61 Å². The summed E-state index contributed by atoms with van der Waals surface area (Å²) in [4.78, 5) is 11.8. The number of Topliss-reactive ketones (excluding diaryl/α,β-unsaturated/α-hetero) is 1. The van der Waals surface area contributed by atoms with E-state index in [1.54, 1.807) is 12.1 Å². The SMILES string of the molecule is CCC(=O)c1ccccc1OCC(O)c1ccccc1. The lowest BCUT2D eigenvalue weighted by Gasteiger charge is -2.14. The molecule has 2 aromatic rings. The molecule has 0 amide bonds. The molecule has 2 aromatic carbocycles.